The van der Waals surface area contributed by atoms with Gasteiger partial charge in [-0.2, -0.15) is 6.92 Å². The SMILES string of the molecule is C[CH-]C(=NC)N(C)C(=O)CC(C)(C)C.[Rh]. The van der Waals surface area contributed by atoms with Crippen LogP contribution in [0.4, 0.5) is 0 Å². The molecular formula is C11H21N2ORh-. The minimum absolute atomic E-state index is 0. The van der Waals surface area contributed by atoms with Gasteiger partial charge in [-0.3, -0.25) is 4.79 Å². The van der Waals surface area contributed by atoms with Gasteiger partial charge in [0.25, 0.3) is 0 Å². The summed E-state index contributed by atoms with van der Waals surface area (Å²) in [5.74, 6) is 0.829. The Balaban J connectivity index is 0. The molecule has 0 aliphatic heterocycles. The molecule has 0 aromatic carbocycles. The van der Waals surface area contributed by atoms with Gasteiger partial charge in [0.15, 0.2) is 0 Å². The Hall–Kier alpha value is -0.367. The van der Waals surface area contributed by atoms with Crippen molar-refractivity contribution >= 4 is 11.7 Å². The fourth-order valence-corrected chi connectivity index (χ4v) is 1.17. The van der Waals surface area contributed by atoms with Gasteiger partial charge in [0.1, 0.15) is 0 Å². The molecule has 0 heterocycles. The molecule has 4 heteroatoms. The van der Waals surface area contributed by atoms with E-state index in [-0.39, 0.29) is 30.8 Å². The van der Waals surface area contributed by atoms with Gasteiger partial charge in [0.05, 0.1) is 0 Å². The maximum Gasteiger partial charge on any atom is 0.226 e. The second-order valence-electron chi connectivity index (χ2n) is 4.56. The average Bonchev–Trinajstić information content (AvgIpc) is 2.03. The zero-order chi connectivity index (χ0) is 11.4. The number of rotatable bonds is 2. The third kappa shape index (κ3) is 6.67. The molecule has 0 unspecified atom stereocenters. The fourth-order valence-electron chi connectivity index (χ4n) is 1.17. The Morgan fingerprint density at radius 1 is 1.40 bits per heavy atom. The Bertz CT molecular complexity index is 231. The predicted octanol–water partition coefficient (Wildman–Crippen LogP) is 2.13. The summed E-state index contributed by atoms with van der Waals surface area (Å²) in [5.41, 5.74) is 0.0257. The number of aliphatic imine (C=N–C) groups is 1. The van der Waals surface area contributed by atoms with E-state index in [0.29, 0.717) is 6.42 Å². The van der Waals surface area contributed by atoms with E-state index in [4.69, 9.17) is 0 Å². The minimum atomic E-state index is 0. The van der Waals surface area contributed by atoms with Gasteiger partial charge < -0.3 is 16.3 Å². The zero-order valence-electron chi connectivity index (χ0n) is 10.4. The third-order valence-electron chi connectivity index (χ3n) is 1.89. The topological polar surface area (TPSA) is 32.7 Å². The van der Waals surface area contributed by atoms with Gasteiger partial charge in [-0.15, -0.1) is 0 Å². The first-order chi connectivity index (χ1) is 6.31. The van der Waals surface area contributed by atoms with Crippen molar-refractivity contribution in [3.8, 4) is 0 Å². The Morgan fingerprint density at radius 2 is 1.87 bits per heavy atom. The van der Waals surface area contributed by atoms with Crippen molar-refractivity contribution in [1.29, 1.82) is 0 Å². The van der Waals surface area contributed by atoms with Gasteiger partial charge in [-0.05, 0) is 11.3 Å². The van der Waals surface area contributed by atoms with Crippen LogP contribution in [0.3, 0.4) is 0 Å². The van der Waals surface area contributed by atoms with Gasteiger partial charge in [0, 0.05) is 40.0 Å². The zero-order valence-corrected chi connectivity index (χ0v) is 12.1. The molecule has 0 spiro atoms. The van der Waals surface area contributed by atoms with Gasteiger partial charge in [-0.1, -0.05) is 20.8 Å². The van der Waals surface area contributed by atoms with Crippen LogP contribution in [-0.4, -0.2) is 30.7 Å². The van der Waals surface area contributed by atoms with Gasteiger partial charge in [-0.25, -0.2) is 0 Å². The second-order valence-corrected chi connectivity index (χ2v) is 4.56. The summed E-state index contributed by atoms with van der Waals surface area (Å²) in [6.45, 7) is 8.04. The Morgan fingerprint density at radius 3 is 2.13 bits per heavy atom. The van der Waals surface area contributed by atoms with Crippen LogP contribution in [0, 0.1) is 11.8 Å². The number of amidine groups is 1. The molecule has 0 aromatic rings. The second kappa shape index (κ2) is 7.00. The van der Waals surface area contributed by atoms with Crippen LogP contribution in [0.25, 0.3) is 0 Å². The first-order valence-electron chi connectivity index (χ1n) is 4.84. The first-order valence-corrected chi connectivity index (χ1v) is 4.84. The van der Waals surface area contributed by atoms with E-state index in [1.54, 1.807) is 19.0 Å². The molecule has 0 N–H and O–H groups in total. The standard InChI is InChI=1S/C11H21N2O.Rh/c1-7-9(12-5)13(6)10(14)8-11(2,3)4;/h7H,8H2,1-6H3;/q-1;. The van der Waals surface area contributed by atoms with E-state index < -0.39 is 0 Å². The summed E-state index contributed by atoms with van der Waals surface area (Å²) >= 11 is 0. The van der Waals surface area contributed by atoms with Crippen LogP contribution in [0.1, 0.15) is 34.1 Å². The summed E-state index contributed by atoms with van der Waals surface area (Å²) in [7, 11) is 3.45. The molecule has 1 radical (unpaired) electrons. The van der Waals surface area contributed by atoms with Crippen molar-refractivity contribution in [3.05, 3.63) is 6.42 Å². The number of nitrogens with zero attached hydrogens (tertiary/aromatic N) is 2. The fraction of sp³-hybridized carbons (Fsp3) is 0.727. The molecule has 0 atom stereocenters. The van der Waals surface area contributed by atoms with Crippen LogP contribution in [-0.2, 0) is 24.3 Å². The first kappa shape index (κ1) is 17.0. The normalized spacial score (nSPS) is 11.7. The molecule has 0 saturated carbocycles. The number of hydrogen-bond donors (Lipinski definition) is 0. The summed E-state index contributed by atoms with van der Waals surface area (Å²) < 4.78 is 0. The molecule has 1 amide bonds. The van der Waals surface area contributed by atoms with Gasteiger partial charge >= 0.3 is 0 Å². The Labute approximate surface area is 106 Å². The van der Waals surface area contributed by atoms with Crippen molar-refractivity contribution < 1.29 is 24.3 Å². The molecule has 91 valence electrons. The molecule has 0 saturated heterocycles. The van der Waals surface area contributed by atoms with Crippen molar-refractivity contribution in [1.82, 2.24) is 4.90 Å². The van der Waals surface area contributed by atoms with E-state index in [1.807, 2.05) is 13.3 Å². The smallest absolute Gasteiger partial charge is 0.226 e. The average molecular weight is 300 g/mol. The molecule has 3 nitrogen and oxygen atoms in total. The van der Waals surface area contributed by atoms with Gasteiger partial charge in [0.2, 0.25) is 5.91 Å². The molecule has 0 rings (SSSR count). The molecule has 15 heavy (non-hydrogen) atoms. The van der Waals surface area contributed by atoms with E-state index in [2.05, 4.69) is 25.8 Å². The minimum Gasteiger partial charge on any atom is -0.331 e. The van der Waals surface area contributed by atoms with E-state index in [9.17, 15) is 4.79 Å². The number of carbonyl (C=O) groups excluding carboxylic acids is 1. The summed E-state index contributed by atoms with van der Waals surface area (Å²) in [4.78, 5) is 17.4. The molecule has 0 bridgehead atoms. The van der Waals surface area contributed by atoms with Crippen LogP contribution < -0.4 is 0 Å². The maximum atomic E-state index is 11.7. The molecule has 0 aliphatic rings. The van der Waals surface area contributed by atoms with Crippen molar-refractivity contribution in [3.63, 3.8) is 0 Å². The van der Waals surface area contributed by atoms with Crippen molar-refractivity contribution in [2.75, 3.05) is 14.1 Å². The Kier molecular flexibility index (Phi) is 7.95. The van der Waals surface area contributed by atoms with E-state index >= 15 is 0 Å². The van der Waals surface area contributed by atoms with Crippen molar-refractivity contribution in [2.24, 2.45) is 10.4 Å². The monoisotopic (exact) mass is 300 g/mol. The number of carbonyl (C=O) groups is 1. The van der Waals surface area contributed by atoms with Crippen molar-refractivity contribution in [2.45, 2.75) is 34.1 Å². The summed E-state index contributed by atoms with van der Waals surface area (Å²) in [6, 6.07) is 0. The predicted molar refractivity (Wildman–Crippen MR) is 60.2 cm³/mol. The summed E-state index contributed by atoms with van der Waals surface area (Å²) in [6.07, 6.45) is 2.37. The van der Waals surface area contributed by atoms with Crippen LogP contribution >= 0.6 is 0 Å². The molecule has 0 fully saturated rings. The van der Waals surface area contributed by atoms with Crippen LogP contribution in [0.15, 0.2) is 4.99 Å². The number of hydrogen-bond acceptors (Lipinski definition) is 2. The van der Waals surface area contributed by atoms with Crippen LogP contribution in [0.2, 0.25) is 0 Å². The maximum absolute atomic E-state index is 11.7. The van der Waals surface area contributed by atoms with Crippen LogP contribution in [0.5, 0.6) is 0 Å². The van der Waals surface area contributed by atoms with E-state index in [1.165, 1.54) is 0 Å². The molecule has 0 aromatic heterocycles. The van der Waals surface area contributed by atoms with E-state index in [0.717, 1.165) is 5.84 Å². The largest absolute Gasteiger partial charge is 0.331 e. The number of amides is 1. The molecular weight excluding hydrogens is 279 g/mol. The summed E-state index contributed by atoms with van der Waals surface area (Å²) in [5, 5.41) is 0. The quantitative estimate of drug-likeness (QED) is 0.333. The third-order valence-corrected chi connectivity index (χ3v) is 1.89. The molecule has 0 aliphatic carbocycles.